The van der Waals surface area contributed by atoms with E-state index in [0.717, 1.165) is 18.0 Å². The highest BCUT2D eigenvalue weighted by Crippen LogP contribution is 2.35. The summed E-state index contributed by atoms with van der Waals surface area (Å²) in [6.45, 7) is 4.57. The number of thioether (sulfide) groups is 1. The largest absolute Gasteiger partial charge is 0.325 e. The van der Waals surface area contributed by atoms with Crippen LogP contribution in [0, 0.1) is 5.92 Å². The maximum Gasteiger partial charge on any atom is 0.243 e. The van der Waals surface area contributed by atoms with Gasteiger partial charge < -0.3 is 5.32 Å². The number of benzene rings is 1. The summed E-state index contributed by atoms with van der Waals surface area (Å²) in [5, 5.41) is 2.88. The van der Waals surface area contributed by atoms with E-state index < -0.39 is 10.0 Å². The molecule has 2 heterocycles. The number of anilines is 1. The number of sulfonamides is 1. The van der Waals surface area contributed by atoms with Crippen molar-refractivity contribution < 1.29 is 13.2 Å². The first-order valence-corrected chi connectivity index (χ1v) is 12.2. The molecule has 1 amide bonds. The lowest BCUT2D eigenvalue weighted by molar-refractivity contribution is -0.118. The van der Waals surface area contributed by atoms with Gasteiger partial charge in [-0.25, -0.2) is 8.42 Å². The molecule has 1 aliphatic carbocycles. The van der Waals surface area contributed by atoms with Gasteiger partial charge in [-0.05, 0) is 31.0 Å². The number of hydrogen-bond acceptors (Lipinski definition) is 5. The maximum absolute atomic E-state index is 13.1. The monoisotopic (exact) mass is 409 g/mol. The van der Waals surface area contributed by atoms with E-state index >= 15 is 0 Å². The van der Waals surface area contributed by atoms with E-state index in [0.29, 0.717) is 30.6 Å². The predicted molar refractivity (Wildman–Crippen MR) is 108 cm³/mol. The average molecular weight is 410 g/mol. The molecule has 1 saturated carbocycles. The van der Waals surface area contributed by atoms with Crippen LogP contribution in [0.2, 0.25) is 0 Å². The van der Waals surface area contributed by atoms with E-state index in [1.54, 1.807) is 28.2 Å². The van der Waals surface area contributed by atoms with Gasteiger partial charge in [-0.15, -0.1) is 11.8 Å². The van der Waals surface area contributed by atoms with E-state index in [4.69, 9.17) is 0 Å². The zero-order chi connectivity index (χ0) is 19.0. The minimum Gasteiger partial charge on any atom is -0.325 e. The molecule has 0 unspecified atom stereocenters. The van der Waals surface area contributed by atoms with Gasteiger partial charge in [0.15, 0.2) is 0 Å². The third-order valence-corrected chi connectivity index (χ3v) is 9.13. The number of carbonyl (C=O) groups is 1. The van der Waals surface area contributed by atoms with Gasteiger partial charge in [-0.1, -0.05) is 19.8 Å². The first-order chi connectivity index (χ1) is 12.9. The van der Waals surface area contributed by atoms with Gasteiger partial charge in [0.2, 0.25) is 15.9 Å². The fraction of sp³-hybridized carbons (Fsp3) is 0.632. The fourth-order valence-electron chi connectivity index (χ4n) is 4.17. The first-order valence-electron chi connectivity index (χ1n) is 9.77. The number of hydrogen-bond donors (Lipinski definition) is 1. The lowest BCUT2D eigenvalue weighted by atomic mass is 10.2. The van der Waals surface area contributed by atoms with Crippen LogP contribution < -0.4 is 5.32 Å². The van der Waals surface area contributed by atoms with Crippen LogP contribution in [0.15, 0.2) is 28.0 Å². The van der Waals surface area contributed by atoms with Gasteiger partial charge in [-0.2, -0.15) is 4.31 Å². The van der Waals surface area contributed by atoms with Gasteiger partial charge in [0, 0.05) is 48.8 Å². The Bertz CT molecular complexity index is 813. The van der Waals surface area contributed by atoms with Gasteiger partial charge >= 0.3 is 0 Å². The summed E-state index contributed by atoms with van der Waals surface area (Å²) in [6.07, 6.45) is 5.07. The van der Waals surface area contributed by atoms with Crippen LogP contribution in [0.1, 0.15) is 32.6 Å². The summed E-state index contributed by atoms with van der Waals surface area (Å²) >= 11 is 1.59. The lowest BCUT2D eigenvalue weighted by Crippen LogP contribution is -2.51. The lowest BCUT2D eigenvalue weighted by Gasteiger charge is -2.37. The van der Waals surface area contributed by atoms with Crippen molar-refractivity contribution in [1.82, 2.24) is 9.21 Å². The van der Waals surface area contributed by atoms with Crippen molar-refractivity contribution in [3.8, 4) is 0 Å². The van der Waals surface area contributed by atoms with Crippen molar-refractivity contribution in [3.05, 3.63) is 18.2 Å². The standard InChI is InChI=1S/C19H27N3O3S2/c1-14-13-26-18-7-6-16(12-17(18)20-19(14)23)27(24,25)22-10-8-21(9-11-22)15-4-2-3-5-15/h6-7,12,14-15H,2-5,8-11,13H2,1H3,(H,20,23)/t14-/m1/s1. The molecular weight excluding hydrogens is 382 g/mol. The quantitative estimate of drug-likeness (QED) is 0.831. The number of carbonyl (C=O) groups excluding carboxylic acids is 1. The molecule has 148 valence electrons. The number of nitrogens with zero attached hydrogens (tertiary/aromatic N) is 2. The molecule has 2 aliphatic heterocycles. The normalized spacial score (nSPS) is 25.8. The van der Waals surface area contributed by atoms with Crippen LogP contribution in [0.25, 0.3) is 0 Å². The minimum absolute atomic E-state index is 0.0547. The van der Waals surface area contributed by atoms with Gasteiger partial charge in [0.1, 0.15) is 0 Å². The Morgan fingerprint density at radius 3 is 2.52 bits per heavy atom. The topological polar surface area (TPSA) is 69.7 Å². The van der Waals surface area contributed by atoms with E-state index in [1.165, 1.54) is 25.7 Å². The van der Waals surface area contributed by atoms with E-state index in [1.807, 2.05) is 13.0 Å². The Morgan fingerprint density at radius 1 is 1.11 bits per heavy atom. The van der Waals surface area contributed by atoms with Crippen LogP contribution in [-0.4, -0.2) is 61.5 Å². The zero-order valence-electron chi connectivity index (χ0n) is 15.7. The Balaban J connectivity index is 1.49. The fourth-order valence-corrected chi connectivity index (χ4v) is 6.63. The zero-order valence-corrected chi connectivity index (χ0v) is 17.3. The Morgan fingerprint density at radius 2 is 1.81 bits per heavy atom. The van der Waals surface area contributed by atoms with Gasteiger partial charge in [-0.3, -0.25) is 9.69 Å². The summed E-state index contributed by atoms with van der Waals surface area (Å²) in [6, 6.07) is 5.75. The molecule has 1 aromatic carbocycles. The highest BCUT2D eigenvalue weighted by Gasteiger charge is 2.32. The second kappa shape index (κ2) is 7.73. The molecule has 0 spiro atoms. The Kier molecular flexibility index (Phi) is 5.51. The number of piperazine rings is 1. The molecule has 3 aliphatic rings. The summed E-state index contributed by atoms with van der Waals surface area (Å²) in [7, 11) is -3.54. The van der Waals surface area contributed by atoms with Crippen LogP contribution >= 0.6 is 11.8 Å². The van der Waals surface area contributed by atoms with E-state index in [9.17, 15) is 13.2 Å². The summed E-state index contributed by atoms with van der Waals surface area (Å²) in [4.78, 5) is 15.8. The van der Waals surface area contributed by atoms with Gasteiger partial charge in [0.25, 0.3) is 0 Å². The summed E-state index contributed by atoms with van der Waals surface area (Å²) in [5.74, 6) is 0.556. The number of nitrogens with one attached hydrogen (secondary N) is 1. The number of amides is 1. The van der Waals surface area contributed by atoms with Gasteiger partial charge in [0.05, 0.1) is 10.6 Å². The SMILES string of the molecule is C[C@@H]1CSc2ccc(S(=O)(=O)N3CCN(C4CCCC4)CC3)cc2NC1=O. The van der Waals surface area contributed by atoms with Crippen molar-refractivity contribution in [1.29, 1.82) is 0 Å². The second-order valence-corrected chi connectivity index (χ2v) is 10.7. The van der Waals surface area contributed by atoms with Crippen molar-refractivity contribution in [2.24, 2.45) is 5.92 Å². The molecule has 27 heavy (non-hydrogen) atoms. The molecule has 2 fully saturated rings. The van der Waals surface area contributed by atoms with Crippen molar-refractivity contribution in [3.63, 3.8) is 0 Å². The van der Waals surface area contributed by atoms with E-state index in [-0.39, 0.29) is 16.7 Å². The van der Waals surface area contributed by atoms with Crippen LogP contribution in [0.4, 0.5) is 5.69 Å². The van der Waals surface area contributed by atoms with E-state index in [2.05, 4.69) is 10.2 Å². The van der Waals surface area contributed by atoms with Crippen LogP contribution in [0.3, 0.4) is 0 Å². The van der Waals surface area contributed by atoms with Crippen molar-refractivity contribution in [2.45, 2.75) is 48.4 Å². The third-order valence-electron chi connectivity index (χ3n) is 5.90. The molecule has 1 saturated heterocycles. The van der Waals surface area contributed by atoms with Crippen molar-refractivity contribution in [2.75, 3.05) is 37.2 Å². The summed E-state index contributed by atoms with van der Waals surface area (Å²) < 4.78 is 27.8. The summed E-state index contributed by atoms with van der Waals surface area (Å²) in [5.41, 5.74) is 0.611. The molecule has 1 atom stereocenters. The predicted octanol–water partition coefficient (Wildman–Crippen LogP) is 2.62. The molecule has 4 rings (SSSR count). The maximum atomic E-state index is 13.1. The van der Waals surface area contributed by atoms with Crippen LogP contribution in [-0.2, 0) is 14.8 Å². The molecule has 0 radical (unpaired) electrons. The molecule has 1 aromatic rings. The van der Waals surface area contributed by atoms with Crippen molar-refractivity contribution >= 4 is 33.4 Å². The third kappa shape index (κ3) is 3.90. The minimum atomic E-state index is -3.54. The molecular formula is C19H27N3O3S2. The molecule has 6 nitrogen and oxygen atoms in total. The highest BCUT2D eigenvalue weighted by molar-refractivity contribution is 7.99. The average Bonchev–Trinajstić information content (AvgIpc) is 3.17. The smallest absolute Gasteiger partial charge is 0.243 e. The highest BCUT2D eigenvalue weighted by atomic mass is 32.2. The second-order valence-electron chi connectivity index (χ2n) is 7.74. The molecule has 8 heteroatoms. The molecule has 0 aromatic heterocycles. The number of rotatable bonds is 3. The number of fused-ring (bicyclic) bond motifs is 1. The molecule has 0 bridgehead atoms. The molecule has 1 N–H and O–H groups in total. The Hall–Kier alpha value is -1.09. The van der Waals surface area contributed by atoms with Crippen LogP contribution in [0.5, 0.6) is 0 Å². The first kappa shape index (κ1) is 19.2. The Labute approximate surface area is 165 Å².